The Bertz CT molecular complexity index is 968. The number of likely N-dealkylation sites (tertiary alicyclic amines) is 1. The van der Waals surface area contributed by atoms with E-state index in [2.05, 4.69) is 0 Å². The number of ether oxygens (including phenoxy) is 3. The second-order valence-electron chi connectivity index (χ2n) is 9.84. The molecule has 0 aromatic heterocycles. The third kappa shape index (κ3) is 4.70. The molecule has 3 amide bonds. The zero-order chi connectivity index (χ0) is 24.4. The number of benzene rings is 1. The fourth-order valence-electron chi connectivity index (χ4n) is 5.95. The number of carbonyl (C=O) groups is 2. The molecule has 3 aliphatic heterocycles. The van der Waals surface area contributed by atoms with Crippen LogP contribution in [0.25, 0.3) is 0 Å². The van der Waals surface area contributed by atoms with Gasteiger partial charge in [0.2, 0.25) is 5.91 Å². The second kappa shape index (κ2) is 10.4. The number of hydrogen-bond donors (Lipinski definition) is 0. The number of urea groups is 1. The van der Waals surface area contributed by atoms with Crippen molar-refractivity contribution in [2.24, 2.45) is 16.9 Å². The molecule has 1 aliphatic carbocycles. The molecule has 9 heteroatoms. The van der Waals surface area contributed by atoms with E-state index in [1.165, 1.54) is 0 Å². The smallest absolute Gasteiger partial charge is 0.320 e. The molecule has 1 aromatic rings. The van der Waals surface area contributed by atoms with Gasteiger partial charge in [0.1, 0.15) is 0 Å². The number of morpholine rings is 1. The number of fused-ring (bicyclic) bond motifs is 1. The van der Waals surface area contributed by atoms with Crippen LogP contribution >= 0.6 is 0 Å². The standard InChI is InChI=1S/C26H36N4O5/c1-33-22-8-7-18(17-23(22)34-2)24-20-5-3-4-6-21(20)25(31)30(27-24)19-9-11-28(12-10-19)26(32)29-13-15-35-16-14-29/h7-8,17,19-21H,3-6,9-16H2,1-2H3. The molecule has 3 heterocycles. The molecular formula is C26H36N4O5. The number of hydrazone groups is 1. The highest BCUT2D eigenvalue weighted by molar-refractivity contribution is 6.07. The van der Waals surface area contributed by atoms with Gasteiger partial charge in [0, 0.05) is 43.6 Å². The summed E-state index contributed by atoms with van der Waals surface area (Å²) < 4.78 is 16.3. The number of carbonyl (C=O) groups excluding carboxylic acids is 2. The summed E-state index contributed by atoms with van der Waals surface area (Å²) in [5, 5.41) is 6.76. The highest BCUT2D eigenvalue weighted by atomic mass is 16.5. The van der Waals surface area contributed by atoms with Gasteiger partial charge < -0.3 is 24.0 Å². The molecule has 9 nitrogen and oxygen atoms in total. The Kier molecular flexibility index (Phi) is 7.13. The molecule has 3 fully saturated rings. The van der Waals surface area contributed by atoms with Crippen LogP contribution in [-0.4, -0.2) is 92.1 Å². The molecule has 0 bridgehead atoms. The van der Waals surface area contributed by atoms with E-state index in [0.717, 1.165) is 49.8 Å². The van der Waals surface area contributed by atoms with E-state index in [0.29, 0.717) is 50.9 Å². The zero-order valence-electron chi connectivity index (χ0n) is 20.8. The van der Waals surface area contributed by atoms with Gasteiger partial charge in [-0.3, -0.25) is 4.79 Å². The van der Waals surface area contributed by atoms with Crippen molar-refractivity contribution in [2.45, 2.75) is 44.6 Å². The molecule has 2 unspecified atom stereocenters. The van der Waals surface area contributed by atoms with Crippen LogP contribution in [0, 0.1) is 11.8 Å². The molecule has 2 atom stereocenters. The lowest BCUT2D eigenvalue weighted by Crippen LogP contribution is -2.55. The van der Waals surface area contributed by atoms with Crippen molar-refractivity contribution in [2.75, 3.05) is 53.6 Å². The maximum absolute atomic E-state index is 13.6. The second-order valence-corrected chi connectivity index (χ2v) is 9.84. The Labute approximate surface area is 207 Å². The topological polar surface area (TPSA) is 83.9 Å². The Morgan fingerprint density at radius 1 is 0.914 bits per heavy atom. The Morgan fingerprint density at radius 3 is 2.26 bits per heavy atom. The van der Waals surface area contributed by atoms with Gasteiger partial charge in [0.15, 0.2) is 11.5 Å². The van der Waals surface area contributed by atoms with Crippen LogP contribution in [0.3, 0.4) is 0 Å². The fraction of sp³-hybridized carbons (Fsp3) is 0.654. The van der Waals surface area contributed by atoms with E-state index < -0.39 is 0 Å². The number of rotatable bonds is 4. The summed E-state index contributed by atoms with van der Waals surface area (Å²) in [7, 11) is 3.26. The summed E-state index contributed by atoms with van der Waals surface area (Å²) in [5.74, 6) is 1.60. The number of methoxy groups -OCH3 is 2. The van der Waals surface area contributed by atoms with E-state index in [4.69, 9.17) is 19.3 Å². The Hall–Kier alpha value is -2.81. The molecular weight excluding hydrogens is 448 g/mol. The van der Waals surface area contributed by atoms with Crippen molar-refractivity contribution in [3.63, 3.8) is 0 Å². The molecule has 190 valence electrons. The zero-order valence-corrected chi connectivity index (χ0v) is 20.8. The largest absolute Gasteiger partial charge is 0.493 e. The van der Waals surface area contributed by atoms with Gasteiger partial charge in [-0.2, -0.15) is 5.10 Å². The minimum absolute atomic E-state index is 0.00857. The minimum Gasteiger partial charge on any atom is -0.493 e. The van der Waals surface area contributed by atoms with E-state index in [-0.39, 0.29) is 29.8 Å². The van der Waals surface area contributed by atoms with Gasteiger partial charge in [0.05, 0.1) is 39.2 Å². The van der Waals surface area contributed by atoms with Crippen molar-refractivity contribution >= 4 is 17.6 Å². The predicted octanol–water partition coefficient (Wildman–Crippen LogP) is 2.97. The molecule has 1 saturated carbocycles. The highest BCUT2D eigenvalue weighted by Gasteiger charge is 2.44. The Balaban J connectivity index is 1.36. The maximum Gasteiger partial charge on any atom is 0.320 e. The summed E-state index contributed by atoms with van der Waals surface area (Å²) in [6.45, 7) is 3.76. The van der Waals surface area contributed by atoms with E-state index in [9.17, 15) is 9.59 Å². The first-order valence-electron chi connectivity index (χ1n) is 12.9. The molecule has 1 aromatic carbocycles. The number of piperidine rings is 1. The van der Waals surface area contributed by atoms with Crippen LogP contribution in [0.2, 0.25) is 0 Å². The van der Waals surface area contributed by atoms with E-state index in [1.54, 1.807) is 19.2 Å². The summed E-state index contributed by atoms with van der Waals surface area (Å²) in [6.07, 6.45) is 5.55. The van der Waals surface area contributed by atoms with Gasteiger partial charge in [-0.25, -0.2) is 9.80 Å². The average molecular weight is 485 g/mol. The van der Waals surface area contributed by atoms with Crippen molar-refractivity contribution < 1.29 is 23.8 Å². The number of nitrogens with zero attached hydrogens (tertiary/aromatic N) is 4. The van der Waals surface area contributed by atoms with Crippen LogP contribution < -0.4 is 9.47 Å². The van der Waals surface area contributed by atoms with Crippen molar-refractivity contribution in [3.8, 4) is 11.5 Å². The third-order valence-electron chi connectivity index (χ3n) is 7.92. The lowest BCUT2D eigenvalue weighted by Gasteiger charge is -2.44. The molecule has 4 aliphatic rings. The van der Waals surface area contributed by atoms with Crippen LogP contribution in [-0.2, 0) is 9.53 Å². The number of hydrogen-bond acceptors (Lipinski definition) is 6. The quantitative estimate of drug-likeness (QED) is 0.656. The van der Waals surface area contributed by atoms with Gasteiger partial charge in [-0.05, 0) is 43.9 Å². The summed E-state index contributed by atoms with van der Waals surface area (Å²) >= 11 is 0. The van der Waals surface area contributed by atoms with Crippen LogP contribution in [0.1, 0.15) is 44.1 Å². The first kappa shape index (κ1) is 23.9. The SMILES string of the molecule is COc1ccc(C2=NN(C3CCN(C(=O)N4CCOCC4)CC3)C(=O)C3CCCCC23)cc1OC. The van der Waals surface area contributed by atoms with Gasteiger partial charge in [-0.15, -0.1) is 0 Å². The molecule has 0 radical (unpaired) electrons. The van der Waals surface area contributed by atoms with Gasteiger partial charge in [-0.1, -0.05) is 12.8 Å². The molecule has 0 N–H and O–H groups in total. The first-order chi connectivity index (χ1) is 17.1. The molecule has 5 rings (SSSR count). The predicted molar refractivity (Wildman–Crippen MR) is 131 cm³/mol. The first-order valence-corrected chi connectivity index (χ1v) is 12.9. The summed E-state index contributed by atoms with van der Waals surface area (Å²) in [6, 6.07) is 5.99. The monoisotopic (exact) mass is 484 g/mol. The van der Waals surface area contributed by atoms with Crippen LogP contribution in [0.15, 0.2) is 23.3 Å². The van der Waals surface area contributed by atoms with Gasteiger partial charge >= 0.3 is 6.03 Å². The van der Waals surface area contributed by atoms with E-state index >= 15 is 0 Å². The minimum atomic E-state index is -0.0302. The maximum atomic E-state index is 13.6. The lowest BCUT2D eigenvalue weighted by molar-refractivity contribution is -0.142. The summed E-state index contributed by atoms with van der Waals surface area (Å²) in [4.78, 5) is 30.3. The van der Waals surface area contributed by atoms with Crippen LogP contribution in [0.4, 0.5) is 4.79 Å². The lowest BCUT2D eigenvalue weighted by atomic mass is 9.73. The van der Waals surface area contributed by atoms with Crippen LogP contribution in [0.5, 0.6) is 11.5 Å². The van der Waals surface area contributed by atoms with Crippen molar-refractivity contribution in [3.05, 3.63) is 23.8 Å². The summed E-state index contributed by atoms with van der Waals surface area (Å²) in [5.41, 5.74) is 1.96. The van der Waals surface area contributed by atoms with Crippen molar-refractivity contribution in [1.29, 1.82) is 0 Å². The fourth-order valence-corrected chi connectivity index (χ4v) is 5.95. The molecule has 2 saturated heterocycles. The highest BCUT2D eigenvalue weighted by Crippen LogP contribution is 2.40. The van der Waals surface area contributed by atoms with E-state index in [1.807, 2.05) is 28.0 Å². The Morgan fingerprint density at radius 2 is 1.57 bits per heavy atom. The van der Waals surface area contributed by atoms with Gasteiger partial charge in [0.25, 0.3) is 0 Å². The third-order valence-corrected chi connectivity index (χ3v) is 7.92. The molecule has 35 heavy (non-hydrogen) atoms. The number of amides is 3. The normalized spacial score (nSPS) is 25.7. The average Bonchev–Trinajstić information content (AvgIpc) is 2.93. The molecule has 0 spiro atoms. The van der Waals surface area contributed by atoms with Crippen molar-refractivity contribution in [1.82, 2.24) is 14.8 Å².